The van der Waals surface area contributed by atoms with E-state index in [1.54, 1.807) is 0 Å². The van der Waals surface area contributed by atoms with Gasteiger partial charge >= 0.3 is 0 Å². The van der Waals surface area contributed by atoms with Gasteiger partial charge in [0.05, 0.1) is 0 Å². The molecule has 0 spiro atoms. The van der Waals surface area contributed by atoms with Gasteiger partial charge in [-0.15, -0.1) is 0 Å². The largest absolute Gasteiger partial charge is 0.371 e. The third-order valence-corrected chi connectivity index (χ3v) is 4.23. The summed E-state index contributed by atoms with van der Waals surface area (Å²) in [5.41, 5.74) is 2.64. The summed E-state index contributed by atoms with van der Waals surface area (Å²) < 4.78 is 0. The summed E-state index contributed by atoms with van der Waals surface area (Å²) in [7, 11) is 0. The molecule has 1 aliphatic rings. The van der Waals surface area contributed by atoms with E-state index in [2.05, 4.69) is 39.9 Å². The number of hydrogen-bond acceptors (Lipinski definition) is 1. The van der Waals surface area contributed by atoms with Crippen molar-refractivity contribution in [3.8, 4) is 0 Å². The van der Waals surface area contributed by atoms with E-state index in [9.17, 15) is 0 Å². The second-order valence-electron chi connectivity index (χ2n) is 4.42. The number of anilines is 1. The van der Waals surface area contributed by atoms with Crippen LogP contribution in [0.5, 0.6) is 0 Å². The Morgan fingerprint density at radius 1 is 1.50 bits per heavy atom. The molecule has 0 saturated carbocycles. The SMILES string of the molecule is CCC1CCN(c2ccc(Cl)cc2CBr)C1. The van der Waals surface area contributed by atoms with Crippen LogP contribution in [-0.4, -0.2) is 13.1 Å². The molecule has 1 aromatic rings. The van der Waals surface area contributed by atoms with E-state index in [1.807, 2.05) is 6.07 Å². The first-order chi connectivity index (χ1) is 7.74. The summed E-state index contributed by atoms with van der Waals surface area (Å²) >= 11 is 9.56. The van der Waals surface area contributed by atoms with E-state index >= 15 is 0 Å². The topological polar surface area (TPSA) is 3.24 Å². The maximum absolute atomic E-state index is 6.02. The Bertz CT molecular complexity index is 367. The van der Waals surface area contributed by atoms with Crippen molar-refractivity contribution in [3.63, 3.8) is 0 Å². The number of benzene rings is 1. The van der Waals surface area contributed by atoms with Gasteiger partial charge in [0.2, 0.25) is 0 Å². The minimum absolute atomic E-state index is 0.824. The van der Waals surface area contributed by atoms with Crippen LogP contribution in [0.2, 0.25) is 5.02 Å². The highest BCUT2D eigenvalue weighted by atomic mass is 79.9. The van der Waals surface area contributed by atoms with E-state index < -0.39 is 0 Å². The zero-order valence-corrected chi connectivity index (χ0v) is 11.9. The Balaban J connectivity index is 2.20. The van der Waals surface area contributed by atoms with E-state index in [0.717, 1.165) is 16.3 Å². The molecular weight excluding hydrogens is 286 g/mol. The van der Waals surface area contributed by atoms with Crippen LogP contribution in [-0.2, 0) is 5.33 Å². The van der Waals surface area contributed by atoms with Gasteiger partial charge in [-0.2, -0.15) is 0 Å². The molecule has 0 N–H and O–H groups in total. The molecule has 2 rings (SSSR count). The predicted octanol–water partition coefficient (Wildman–Crippen LogP) is 4.47. The molecule has 1 unspecified atom stereocenters. The monoisotopic (exact) mass is 301 g/mol. The fourth-order valence-electron chi connectivity index (χ4n) is 2.35. The zero-order chi connectivity index (χ0) is 11.5. The predicted molar refractivity (Wildman–Crippen MR) is 74.7 cm³/mol. The molecule has 1 saturated heterocycles. The van der Waals surface area contributed by atoms with Gasteiger partial charge in [0.25, 0.3) is 0 Å². The lowest BCUT2D eigenvalue weighted by molar-refractivity contribution is 0.569. The highest BCUT2D eigenvalue weighted by molar-refractivity contribution is 9.08. The standard InChI is InChI=1S/C13H17BrClN/c1-2-10-5-6-16(9-10)13-4-3-12(15)7-11(13)8-14/h3-4,7,10H,2,5-6,8-9H2,1H3. The van der Waals surface area contributed by atoms with Crippen molar-refractivity contribution in [3.05, 3.63) is 28.8 Å². The maximum atomic E-state index is 6.02. The van der Waals surface area contributed by atoms with E-state index in [4.69, 9.17) is 11.6 Å². The minimum atomic E-state index is 0.824. The van der Waals surface area contributed by atoms with Gasteiger partial charge in [-0.1, -0.05) is 40.9 Å². The van der Waals surface area contributed by atoms with E-state index in [0.29, 0.717) is 0 Å². The van der Waals surface area contributed by atoms with Gasteiger partial charge in [-0.3, -0.25) is 0 Å². The molecule has 88 valence electrons. The van der Waals surface area contributed by atoms with Crippen molar-refractivity contribution in [2.45, 2.75) is 25.1 Å². The Labute approximate surface area is 111 Å². The quantitative estimate of drug-likeness (QED) is 0.745. The van der Waals surface area contributed by atoms with Gasteiger partial charge in [0.1, 0.15) is 0 Å². The van der Waals surface area contributed by atoms with Crippen molar-refractivity contribution in [2.24, 2.45) is 5.92 Å². The Morgan fingerprint density at radius 3 is 2.94 bits per heavy atom. The summed E-state index contributed by atoms with van der Waals surface area (Å²) in [5, 5.41) is 1.69. The summed E-state index contributed by atoms with van der Waals surface area (Å²) in [6.45, 7) is 4.65. The van der Waals surface area contributed by atoms with Crippen LogP contribution in [0.1, 0.15) is 25.3 Å². The van der Waals surface area contributed by atoms with Crippen molar-refractivity contribution >= 4 is 33.2 Å². The Hall–Kier alpha value is -0.210. The van der Waals surface area contributed by atoms with Crippen molar-refractivity contribution in [2.75, 3.05) is 18.0 Å². The summed E-state index contributed by atoms with van der Waals surface area (Å²) in [5.74, 6) is 0.860. The maximum Gasteiger partial charge on any atom is 0.0410 e. The lowest BCUT2D eigenvalue weighted by atomic mass is 10.1. The number of hydrogen-bond donors (Lipinski definition) is 0. The normalized spacial score (nSPS) is 20.4. The third-order valence-electron chi connectivity index (χ3n) is 3.39. The van der Waals surface area contributed by atoms with Crippen LogP contribution in [0.3, 0.4) is 0 Å². The number of alkyl halides is 1. The molecule has 1 aliphatic heterocycles. The highest BCUT2D eigenvalue weighted by Crippen LogP contribution is 2.31. The Kier molecular flexibility index (Phi) is 4.15. The molecule has 1 atom stereocenters. The lowest BCUT2D eigenvalue weighted by Gasteiger charge is -2.21. The summed E-state index contributed by atoms with van der Waals surface area (Å²) in [6.07, 6.45) is 2.61. The lowest BCUT2D eigenvalue weighted by Crippen LogP contribution is -2.20. The molecule has 0 aliphatic carbocycles. The van der Waals surface area contributed by atoms with Crippen LogP contribution >= 0.6 is 27.5 Å². The molecule has 1 nitrogen and oxygen atoms in total. The average molecular weight is 303 g/mol. The van der Waals surface area contributed by atoms with Gasteiger partial charge in [0, 0.05) is 29.1 Å². The Morgan fingerprint density at radius 2 is 2.31 bits per heavy atom. The number of halogens is 2. The fraction of sp³-hybridized carbons (Fsp3) is 0.538. The van der Waals surface area contributed by atoms with Gasteiger partial charge in [-0.05, 0) is 36.1 Å². The van der Waals surface area contributed by atoms with Crippen molar-refractivity contribution in [1.29, 1.82) is 0 Å². The second-order valence-corrected chi connectivity index (χ2v) is 5.41. The molecular formula is C13H17BrClN. The van der Waals surface area contributed by atoms with Crippen molar-refractivity contribution < 1.29 is 0 Å². The summed E-state index contributed by atoms with van der Waals surface area (Å²) in [6, 6.07) is 6.20. The smallest absolute Gasteiger partial charge is 0.0410 e. The van der Waals surface area contributed by atoms with E-state index in [-0.39, 0.29) is 0 Å². The van der Waals surface area contributed by atoms with Crippen LogP contribution in [0.15, 0.2) is 18.2 Å². The van der Waals surface area contributed by atoms with Crippen LogP contribution in [0, 0.1) is 5.92 Å². The second kappa shape index (κ2) is 5.42. The zero-order valence-electron chi connectivity index (χ0n) is 9.55. The van der Waals surface area contributed by atoms with Gasteiger partial charge < -0.3 is 4.90 Å². The molecule has 1 aromatic carbocycles. The van der Waals surface area contributed by atoms with Crippen LogP contribution < -0.4 is 4.90 Å². The fourth-order valence-corrected chi connectivity index (χ4v) is 3.00. The average Bonchev–Trinajstić information content (AvgIpc) is 2.77. The van der Waals surface area contributed by atoms with Crippen LogP contribution in [0.25, 0.3) is 0 Å². The van der Waals surface area contributed by atoms with Gasteiger partial charge in [0.15, 0.2) is 0 Å². The summed E-state index contributed by atoms with van der Waals surface area (Å²) in [4.78, 5) is 2.49. The van der Waals surface area contributed by atoms with Crippen molar-refractivity contribution in [1.82, 2.24) is 0 Å². The molecule has 1 fully saturated rings. The first-order valence-electron chi connectivity index (χ1n) is 5.84. The first-order valence-corrected chi connectivity index (χ1v) is 7.34. The molecule has 0 amide bonds. The first kappa shape index (κ1) is 12.3. The molecule has 0 radical (unpaired) electrons. The third kappa shape index (κ3) is 2.54. The highest BCUT2D eigenvalue weighted by Gasteiger charge is 2.22. The number of nitrogens with zero attached hydrogens (tertiary/aromatic N) is 1. The molecule has 3 heteroatoms. The van der Waals surface area contributed by atoms with Crippen LogP contribution in [0.4, 0.5) is 5.69 Å². The molecule has 16 heavy (non-hydrogen) atoms. The van der Waals surface area contributed by atoms with E-state index in [1.165, 1.54) is 37.2 Å². The molecule has 0 aromatic heterocycles. The molecule has 0 bridgehead atoms. The molecule has 1 heterocycles. The van der Waals surface area contributed by atoms with Gasteiger partial charge in [-0.25, -0.2) is 0 Å². The minimum Gasteiger partial charge on any atom is -0.371 e. The number of rotatable bonds is 3.